The lowest BCUT2D eigenvalue weighted by molar-refractivity contribution is 0.165. The summed E-state index contributed by atoms with van der Waals surface area (Å²) in [4.78, 5) is 2.16. The van der Waals surface area contributed by atoms with Crippen LogP contribution in [0.4, 0.5) is 4.39 Å². The smallest absolute Gasteiger partial charge is 0.123 e. The molecular formula is C15H18ClFN2O. The van der Waals surface area contributed by atoms with Gasteiger partial charge in [-0.3, -0.25) is 4.90 Å². The molecule has 0 N–H and O–H groups in total. The molecule has 0 amide bonds. The summed E-state index contributed by atoms with van der Waals surface area (Å²) < 4.78 is 18.7. The fraction of sp³-hybridized carbons (Fsp3) is 0.533. The maximum atomic E-state index is 13.3. The maximum Gasteiger partial charge on any atom is 0.123 e. The van der Waals surface area contributed by atoms with Gasteiger partial charge in [-0.15, -0.1) is 0 Å². The predicted molar refractivity (Wildman–Crippen MR) is 75.8 cm³/mol. The molecule has 5 heteroatoms. The van der Waals surface area contributed by atoms with E-state index in [-0.39, 0.29) is 5.82 Å². The van der Waals surface area contributed by atoms with Gasteiger partial charge in [-0.2, -0.15) is 5.26 Å². The molecule has 1 aromatic carbocycles. The summed E-state index contributed by atoms with van der Waals surface area (Å²) >= 11 is 6.11. The lowest BCUT2D eigenvalue weighted by atomic mass is 10.1. The molecule has 1 atom stereocenters. The molecule has 1 heterocycles. The van der Waals surface area contributed by atoms with E-state index in [1.54, 1.807) is 6.07 Å². The van der Waals surface area contributed by atoms with Crippen molar-refractivity contribution in [2.45, 2.75) is 19.4 Å². The summed E-state index contributed by atoms with van der Waals surface area (Å²) in [6, 6.07) is 6.55. The average molecular weight is 297 g/mol. The molecule has 1 aliphatic heterocycles. The van der Waals surface area contributed by atoms with Gasteiger partial charge in [0.05, 0.1) is 12.7 Å². The Morgan fingerprint density at radius 2 is 2.35 bits per heavy atom. The first-order valence-corrected chi connectivity index (χ1v) is 7.18. The minimum Gasteiger partial charge on any atom is -0.381 e. The van der Waals surface area contributed by atoms with E-state index in [1.165, 1.54) is 12.1 Å². The zero-order valence-corrected chi connectivity index (χ0v) is 12.1. The monoisotopic (exact) mass is 296 g/mol. The van der Waals surface area contributed by atoms with Crippen LogP contribution in [0.15, 0.2) is 18.2 Å². The number of nitrogens with zero attached hydrogens (tertiary/aromatic N) is 2. The predicted octanol–water partition coefficient (Wildman–Crippen LogP) is 3.23. The first kappa shape index (κ1) is 15.2. The van der Waals surface area contributed by atoms with Crippen LogP contribution in [0.1, 0.15) is 18.4 Å². The van der Waals surface area contributed by atoms with Crippen LogP contribution in [0.25, 0.3) is 0 Å². The molecule has 2 rings (SSSR count). The molecule has 1 aromatic rings. The van der Waals surface area contributed by atoms with Gasteiger partial charge in [0.1, 0.15) is 5.82 Å². The summed E-state index contributed by atoms with van der Waals surface area (Å²) in [5, 5.41) is 9.32. The van der Waals surface area contributed by atoms with Gasteiger partial charge in [0, 0.05) is 37.7 Å². The number of benzene rings is 1. The highest BCUT2D eigenvalue weighted by molar-refractivity contribution is 6.31. The Hall–Kier alpha value is -1.15. The van der Waals surface area contributed by atoms with Crippen LogP contribution in [0.5, 0.6) is 0 Å². The highest BCUT2D eigenvalue weighted by atomic mass is 35.5. The molecule has 0 aromatic heterocycles. The summed E-state index contributed by atoms with van der Waals surface area (Å²) in [5.41, 5.74) is 0.767. The van der Waals surface area contributed by atoms with Crippen LogP contribution in [0.3, 0.4) is 0 Å². The van der Waals surface area contributed by atoms with Crippen LogP contribution in [0, 0.1) is 23.1 Å². The molecule has 0 aliphatic carbocycles. The minimum absolute atomic E-state index is 0.283. The van der Waals surface area contributed by atoms with Crippen molar-refractivity contribution in [1.82, 2.24) is 4.90 Å². The number of rotatable bonds is 6. The third-order valence-electron chi connectivity index (χ3n) is 3.48. The quantitative estimate of drug-likeness (QED) is 0.808. The number of nitriles is 1. The normalized spacial score (nSPS) is 18.4. The van der Waals surface area contributed by atoms with E-state index in [4.69, 9.17) is 21.6 Å². The van der Waals surface area contributed by atoms with Gasteiger partial charge >= 0.3 is 0 Å². The summed E-state index contributed by atoms with van der Waals surface area (Å²) in [6.45, 7) is 3.65. The summed E-state index contributed by atoms with van der Waals surface area (Å²) in [6.07, 6.45) is 1.50. The Morgan fingerprint density at radius 3 is 3.05 bits per heavy atom. The average Bonchev–Trinajstić information content (AvgIpc) is 2.93. The van der Waals surface area contributed by atoms with Gasteiger partial charge in [0.15, 0.2) is 0 Å². The lowest BCUT2D eigenvalue weighted by Crippen LogP contribution is -2.30. The van der Waals surface area contributed by atoms with Crippen molar-refractivity contribution < 1.29 is 9.13 Å². The van der Waals surface area contributed by atoms with E-state index < -0.39 is 0 Å². The fourth-order valence-corrected chi connectivity index (χ4v) is 2.62. The van der Waals surface area contributed by atoms with Crippen molar-refractivity contribution in [3.05, 3.63) is 34.6 Å². The molecule has 0 spiro atoms. The van der Waals surface area contributed by atoms with Crippen LogP contribution in [0.2, 0.25) is 5.02 Å². The van der Waals surface area contributed by atoms with Gasteiger partial charge in [0.2, 0.25) is 0 Å². The third-order valence-corrected chi connectivity index (χ3v) is 3.85. The van der Waals surface area contributed by atoms with Crippen molar-refractivity contribution in [1.29, 1.82) is 5.26 Å². The second kappa shape index (κ2) is 7.58. The van der Waals surface area contributed by atoms with Gasteiger partial charge < -0.3 is 4.74 Å². The Bertz CT molecular complexity index is 483. The fourth-order valence-electron chi connectivity index (χ4n) is 2.44. The molecule has 0 bridgehead atoms. The molecule has 1 aliphatic rings. The Morgan fingerprint density at radius 1 is 1.50 bits per heavy atom. The van der Waals surface area contributed by atoms with Crippen LogP contribution < -0.4 is 0 Å². The van der Waals surface area contributed by atoms with E-state index >= 15 is 0 Å². The second-order valence-electron chi connectivity index (χ2n) is 5.11. The topological polar surface area (TPSA) is 36.3 Å². The largest absolute Gasteiger partial charge is 0.381 e. The van der Waals surface area contributed by atoms with Crippen molar-refractivity contribution in [3.63, 3.8) is 0 Å². The minimum atomic E-state index is -0.283. The summed E-state index contributed by atoms with van der Waals surface area (Å²) in [7, 11) is 0. The molecule has 108 valence electrons. The van der Waals surface area contributed by atoms with E-state index in [0.717, 1.165) is 31.7 Å². The Labute approximate surface area is 123 Å². The van der Waals surface area contributed by atoms with Crippen LogP contribution in [-0.2, 0) is 11.3 Å². The molecular weight excluding hydrogens is 279 g/mol. The Kier molecular flexibility index (Phi) is 5.78. The summed E-state index contributed by atoms with van der Waals surface area (Å²) in [5.74, 6) is 0.204. The van der Waals surface area contributed by atoms with Gasteiger partial charge in [-0.1, -0.05) is 11.6 Å². The molecule has 20 heavy (non-hydrogen) atoms. The number of hydrogen-bond acceptors (Lipinski definition) is 3. The highest BCUT2D eigenvalue weighted by Crippen LogP contribution is 2.21. The van der Waals surface area contributed by atoms with Crippen LogP contribution in [-0.4, -0.2) is 31.2 Å². The Balaban J connectivity index is 2.01. The molecule has 1 fully saturated rings. The van der Waals surface area contributed by atoms with Crippen LogP contribution >= 0.6 is 11.6 Å². The SMILES string of the molecule is N#CCCN(Cc1cc(F)ccc1Cl)CC1CCOC1. The zero-order valence-electron chi connectivity index (χ0n) is 11.3. The van der Waals surface area contributed by atoms with Gasteiger partial charge in [-0.05, 0) is 36.1 Å². The van der Waals surface area contributed by atoms with E-state index in [2.05, 4.69) is 11.0 Å². The molecule has 1 unspecified atom stereocenters. The highest BCUT2D eigenvalue weighted by Gasteiger charge is 2.20. The first-order valence-electron chi connectivity index (χ1n) is 6.80. The molecule has 3 nitrogen and oxygen atoms in total. The molecule has 0 radical (unpaired) electrons. The zero-order chi connectivity index (χ0) is 14.4. The lowest BCUT2D eigenvalue weighted by Gasteiger charge is -2.24. The third kappa shape index (κ3) is 4.45. The van der Waals surface area contributed by atoms with Crippen molar-refractivity contribution in [2.75, 3.05) is 26.3 Å². The number of halogens is 2. The maximum absolute atomic E-state index is 13.3. The first-order chi connectivity index (χ1) is 9.69. The van der Waals surface area contributed by atoms with E-state index in [9.17, 15) is 4.39 Å². The van der Waals surface area contributed by atoms with Gasteiger partial charge in [-0.25, -0.2) is 4.39 Å². The standard InChI is InChI=1S/C15H18ClFN2O/c16-15-3-2-14(17)8-13(15)10-19(6-1-5-18)9-12-4-7-20-11-12/h2-3,8,12H,1,4,6-7,9-11H2. The molecule has 0 saturated carbocycles. The molecule has 1 saturated heterocycles. The van der Waals surface area contributed by atoms with E-state index in [0.29, 0.717) is 30.5 Å². The number of ether oxygens (including phenoxy) is 1. The van der Waals surface area contributed by atoms with E-state index in [1.807, 2.05) is 0 Å². The second-order valence-corrected chi connectivity index (χ2v) is 5.52. The van der Waals surface area contributed by atoms with Crippen molar-refractivity contribution in [3.8, 4) is 6.07 Å². The van der Waals surface area contributed by atoms with Gasteiger partial charge in [0.25, 0.3) is 0 Å². The van der Waals surface area contributed by atoms with Crippen molar-refractivity contribution >= 4 is 11.6 Å². The number of hydrogen-bond donors (Lipinski definition) is 0. The van der Waals surface area contributed by atoms with Crippen molar-refractivity contribution in [2.24, 2.45) is 5.92 Å².